The quantitative estimate of drug-likeness (QED) is 0.607. The molecule has 0 spiro atoms. The summed E-state index contributed by atoms with van der Waals surface area (Å²) in [7, 11) is 0. The Morgan fingerprint density at radius 3 is 2.88 bits per heavy atom. The van der Waals surface area contributed by atoms with Gasteiger partial charge in [-0.2, -0.15) is 0 Å². The van der Waals surface area contributed by atoms with Gasteiger partial charge in [-0.1, -0.05) is 18.6 Å². The van der Waals surface area contributed by atoms with E-state index in [1.165, 1.54) is 12.8 Å². The van der Waals surface area contributed by atoms with Crippen LogP contribution >= 0.6 is 0 Å². The van der Waals surface area contributed by atoms with Crippen molar-refractivity contribution in [2.24, 2.45) is 11.7 Å². The Morgan fingerprint density at radius 1 is 1.47 bits per heavy atom. The molecule has 0 radical (unpaired) electrons. The second kappa shape index (κ2) is 4.78. The van der Waals surface area contributed by atoms with Gasteiger partial charge < -0.3 is 10.6 Å². The Balaban J connectivity index is 2.33. The van der Waals surface area contributed by atoms with Crippen molar-refractivity contribution in [2.75, 3.05) is 18.0 Å². The zero-order valence-electron chi connectivity index (χ0n) is 10.7. The standard InChI is InChI=1S/C14H21N3/c1-10-5-6-13(12(8-10)14(15)16)17-7-3-4-11(2)9-17/h5-6,8,11H,3-4,7,9H2,1-2H3,(H3,15,16). The molecule has 2 rings (SSSR count). The smallest absolute Gasteiger partial charge is 0.124 e. The fraction of sp³-hybridized carbons (Fsp3) is 0.500. The van der Waals surface area contributed by atoms with Gasteiger partial charge in [-0.3, -0.25) is 5.41 Å². The van der Waals surface area contributed by atoms with Crippen LogP contribution in [0.1, 0.15) is 30.9 Å². The van der Waals surface area contributed by atoms with Gasteiger partial charge in [0.05, 0.1) is 0 Å². The van der Waals surface area contributed by atoms with Gasteiger partial charge in [0, 0.05) is 24.3 Å². The highest BCUT2D eigenvalue weighted by molar-refractivity contribution is 6.00. The summed E-state index contributed by atoms with van der Waals surface area (Å²) < 4.78 is 0. The van der Waals surface area contributed by atoms with Crippen molar-refractivity contribution in [3.63, 3.8) is 0 Å². The van der Waals surface area contributed by atoms with Crippen molar-refractivity contribution < 1.29 is 0 Å². The van der Waals surface area contributed by atoms with E-state index in [1.54, 1.807) is 0 Å². The molecule has 0 saturated carbocycles. The highest BCUT2D eigenvalue weighted by atomic mass is 15.1. The molecule has 1 fully saturated rings. The SMILES string of the molecule is Cc1ccc(N2CCCC(C)C2)c(C(=N)N)c1. The molecule has 1 unspecified atom stereocenters. The highest BCUT2D eigenvalue weighted by Gasteiger charge is 2.19. The number of hydrogen-bond donors (Lipinski definition) is 2. The second-order valence-electron chi connectivity index (χ2n) is 5.13. The van der Waals surface area contributed by atoms with Crippen molar-refractivity contribution in [1.82, 2.24) is 0 Å². The van der Waals surface area contributed by atoms with Crippen molar-refractivity contribution in [3.05, 3.63) is 29.3 Å². The first-order chi connectivity index (χ1) is 8.08. The van der Waals surface area contributed by atoms with Crippen molar-refractivity contribution >= 4 is 11.5 Å². The average Bonchev–Trinajstić information content (AvgIpc) is 2.28. The van der Waals surface area contributed by atoms with Crippen LogP contribution in [0.25, 0.3) is 0 Å². The topological polar surface area (TPSA) is 53.1 Å². The predicted molar refractivity (Wildman–Crippen MR) is 72.8 cm³/mol. The number of amidine groups is 1. The molecule has 0 aromatic heterocycles. The van der Waals surface area contributed by atoms with Crippen LogP contribution < -0.4 is 10.6 Å². The summed E-state index contributed by atoms with van der Waals surface area (Å²) in [6, 6.07) is 6.21. The molecule has 1 aromatic rings. The van der Waals surface area contributed by atoms with E-state index < -0.39 is 0 Å². The number of nitrogens with two attached hydrogens (primary N) is 1. The Labute approximate surface area is 103 Å². The van der Waals surface area contributed by atoms with Crippen LogP contribution in [0, 0.1) is 18.3 Å². The van der Waals surface area contributed by atoms with Gasteiger partial charge in [0.2, 0.25) is 0 Å². The van der Waals surface area contributed by atoms with Crippen LogP contribution in [0.4, 0.5) is 5.69 Å². The van der Waals surface area contributed by atoms with Gasteiger partial charge in [-0.15, -0.1) is 0 Å². The second-order valence-corrected chi connectivity index (χ2v) is 5.13. The third-order valence-corrected chi connectivity index (χ3v) is 3.44. The number of nitrogens with zero attached hydrogens (tertiary/aromatic N) is 1. The van der Waals surface area contributed by atoms with Crippen LogP contribution in [0.5, 0.6) is 0 Å². The Kier molecular flexibility index (Phi) is 3.36. The maximum Gasteiger partial charge on any atom is 0.124 e. The lowest BCUT2D eigenvalue weighted by Crippen LogP contribution is -2.35. The third kappa shape index (κ3) is 2.60. The fourth-order valence-electron chi connectivity index (χ4n) is 2.55. The van der Waals surface area contributed by atoms with Crippen LogP contribution in [-0.2, 0) is 0 Å². The van der Waals surface area contributed by atoms with E-state index in [2.05, 4.69) is 24.0 Å². The molecule has 0 bridgehead atoms. The minimum absolute atomic E-state index is 0.168. The number of anilines is 1. The van der Waals surface area contributed by atoms with E-state index in [-0.39, 0.29) is 5.84 Å². The molecule has 1 heterocycles. The molecule has 1 aromatic carbocycles. The van der Waals surface area contributed by atoms with E-state index in [4.69, 9.17) is 11.1 Å². The number of hydrogen-bond acceptors (Lipinski definition) is 2. The summed E-state index contributed by atoms with van der Waals surface area (Å²) in [5.41, 5.74) is 8.83. The number of piperidine rings is 1. The Hall–Kier alpha value is -1.51. The molecule has 1 aliphatic rings. The molecule has 3 heteroatoms. The molecule has 3 nitrogen and oxygen atoms in total. The number of nitrogens with one attached hydrogen (secondary N) is 1. The van der Waals surface area contributed by atoms with E-state index >= 15 is 0 Å². The molecule has 0 aliphatic carbocycles. The predicted octanol–water partition coefficient (Wildman–Crippen LogP) is 2.52. The lowest BCUT2D eigenvalue weighted by Gasteiger charge is -2.34. The van der Waals surface area contributed by atoms with E-state index in [9.17, 15) is 0 Å². The zero-order chi connectivity index (χ0) is 12.4. The minimum Gasteiger partial charge on any atom is -0.384 e. The molecule has 1 saturated heterocycles. The molecular formula is C14H21N3. The summed E-state index contributed by atoms with van der Waals surface area (Å²) in [5, 5.41) is 7.69. The largest absolute Gasteiger partial charge is 0.384 e. The molecule has 1 atom stereocenters. The molecular weight excluding hydrogens is 210 g/mol. The minimum atomic E-state index is 0.168. The van der Waals surface area contributed by atoms with Gasteiger partial charge >= 0.3 is 0 Å². The number of nitrogen functional groups attached to an aromatic ring is 1. The van der Waals surface area contributed by atoms with E-state index in [0.29, 0.717) is 0 Å². The molecule has 3 N–H and O–H groups in total. The van der Waals surface area contributed by atoms with Crippen LogP contribution in [-0.4, -0.2) is 18.9 Å². The van der Waals surface area contributed by atoms with Gasteiger partial charge in [0.15, 0.2) is 0 Å². The molecule has 92 valence electrons. The molecule has 17 heavy (non-hydrogen) atoms. The lowest BCUT2D eigenvalue weighted by molar-refractivity contribution is 0.446. The van der Waals surface area contributed by atoms with Crippen LogP contribution in [0.15, 0.2) is 18.2 Å². The fourth-order valence-corrected chi connectivity index (χ4v) is 2.55. The zero-order valence-corrected chi connectivity index (χ0v) is 10.7. The molecule has 1 aliphatic heterocycles. The first kappa shape index (κ1) is 12.0. The van der Waals surface area contributed by atoms with Gasteiger partial charge in [-0.25, -0.2) is 0 Å². The Bertz CT molecular complexity index is 425. The normalized spacial score (nSPS) is 20.4. The summed E-state index contributed by atoms with van der Waals surface area (Å²) in [6.07, 6.45) is 2.53. The number of rotatable bonds is 2. The maximum atomic E-state index is 7.69. The van der Waals surface area contributed by atoms with E-state index in [0.717, 1.165) is 35.8 Å². The van der Waals surface area contributed by atoms with Crippen LogP contribution in [0.3, 0.4) is 0 Å². The average molecular weight is 231 g/mol. The van der Waals surface area contributed by atoms with Gasteiger partial charge in [0.25, 0.3) is 0 Å². The Morgan fingerprint density at radius 2 is 2.24 bits per heavy atom. The maximum absolute atomic E-state index is 7.69. The van der Waals surface area contributed by atoms with Crippen molar-refractivity contribution in [2.45, 2.75) is 26.7 Å². The van der Waals surface area contributed by atoms with Crippen LogP contribution in [0.2, 0.25) is 0 Å². The summed E-state index contributed by atoms with van der Waals surface area (Å²) in [5.74, 6) is 0.895. The monoisotopic (exact) mass is 231 g/mol. The van der Waals surface area contributed by atoms with E-state index in [1.807, 2.05) is 13.0 Å². The summed E-state index contributed by atoms with van der Waals surface area (Å²) >= 11 is 0. The lowest BCUT2D eigenvalue weighted by atomic mass is 9.98. The van der Waals surface area contributed by atoms with Crippen molar-refractivity contribution in [1.29, 1.82) is 5.41 Å². The number of aryl methyl sites for hydroxylation is 1. The summed E-state index contributed by atoms with van der Waals surface area (Å²) in [6.45, 7) is 6.47. The first-order valence-electron chi connectivity index (χ1n) is 6.28. The van der Waals surface area contributed by atoms with Crippen molar-refractivity contribution in [3.8, 4) is 0 Å². The molecule has 0 amide bonds. The van der Waals surface area contributed by atoms with Gasteiger partial charge in [-0.05, 0) is 37.8 Å². The van der Waals surface area contributed by atoms with Gasteiger partial charge in [0.1, 0.15) is 5.84 Å². The summed E-state index contributed by atoms with van der Waals surface area (Å²) in [4.78, 5) is 2.37. The number of benzene rings is 1. The highest BCUT2D eigenvalue weighted by Crippen LogP contribution is 2.26. The first-order valence-corrected chi connectivity index (χ1v) is 6.28. The third-order valence-electron chi connectivity index (χ3n) is 3.44.